The Kier molecular flexibility index (Phi) is 4.81. The van der Waals surface area contributed by atoms with Crippen LogP contribution in [0, 0.1) is 0 Å². The molecule has 5 rings (SSSR count). The molecule has 2 aliphatic heterocycles. The Morgan fingerprint density at radius 1 is 0.931 bits per heavy atom. The number of carbonyl (C=O) groups excluding carboxylic acids is 1. The first-order valence-electron chi connectivity index (χ1n) is 10.2. The highest BCUT2D eigenvalue weighted by molar-refractivity contribution is 5.80. The second-order valence-electron chi connectivity index (χ2n) is 7.96. The van der Waals surface area contributed by atoms with Gasteiger partial charge in [0.05, 0.1) is 12.1 Å². The van der Waals surface area contributed by atoms with Crippen molar-refractivity contribution in [1.82, 2.24) is 30.0 Å². The summed E-state index contributed by atoms with van der Waals surface area (Å²) in [6, 6.07) is 19.1. The normalized spacial score (nSPS) is 21.4. The van der Waals surface area contributed by atoms with Gasteiger partial charge in [0.1, 0.15) is 6.33 Å². The van der Waals surface area contributed by atoms with E-state index >= 15 is 0 Å². The number of carbonyl (C=O) groups is 1. The van der Waals surface area contributed by atoms with Crippen LogP contribution >= 0.6 is 0 Å². The highest BCUT2D eigenvalue weighted by atomic mass is 16.2. The number of nitrogens with zero attached hydrogens (tertiary/aromatic N) is 6. The fourth-order valence-electron chi connectivity index (χ4n) is 4.68. The number of benzene rings is 2. The summed E-state index contributed by atoms with van der Waals surface area (Å²) in [6.07, 6.45) is 4.23. The van der Waals surface area contributed by atoms with Crippen LogP contribution in [0.3, 0.4) is 0 Å². The van der Waals surface area contributed by atoms with E-state index in [9.17, 15) is 4.79 Å². The van der Waals surface area contributed by atoms with Gasteiger partial charge in [0, 0.05) is 31.7 Å². The topological polar surface area (TPSA) is 67.2 Å². The molecule has 2 aliphatic rings. The van der Waals surface area contributed by atoms with Gasteiger partial charge in [-0.05, 0) is 46.5 Å². The molecule has 7 nitrogen and oxygen atoms in total. The zero-order valence-electron chi connectivity index (χ0n) is 16.3. The minimum absolute atomic E-state index is 0.243. The molecule has 1 amide bonds. The van der Waals surface area contributed by atoms with Crippen molar-refractivity contribution < 1.29 is 4.79 Å². The molecule has 3 aromatic rings. The third kappa shape index (κ3) is 3.78. The molecule has 2 aromatic carbocycles. The molecule has 0 spiro atoms. The van der Waals surface area contributed by atoms with Gasteiger partial charge in [-0.2, -0.15) is 0 Å². The number of likely N-dealkylation sites (tertiary alicyclic amines) is 1. The summed E-state index contributed by atoms with van der Waals surface area (Å²) >= 11 is 0. The van der Waals surface area contributed by atoms with Gasteiger partial charge in [-0.3, -0.25) is 9.69 Å². The Bertz CT molecular complexity index is 943. The maximum absolute atomic E-state index is 13.1. The molecule has 7 heteroatoms. The highest BCUT2D eigenvalue weighted by Gasteiger charge is 2.42. The molecule has 2 saturated heterocycles. The quantitative estimate of drug-likeness (QED) is 0.670. The lowest BCUT2D eigenvalue weighted by atomic mass is 10.1. The van der Waals surface area contributed by atoms with Crippen molar-refractivity contribution in [3.8, 4) is 5.69 Å². The number of hydrogen-bond donors (Lipinski definition) is 0. The molecule has 2 bridgehead atoms. The SMILES string of the molecule is O=C(Cc1ccc(-n2cnnn2)cc1)N1[C@H]2CC[C@H]1CN(Cc1ccccc1)C2. The van der Waals surface area contributed by atoms with E-state index in [1.165, 1.54) is 5.56 Å². The van der Waals surface area contributed by atoms with Crippen molar-refractivity contribution in [2.75, 3.05) is 13.1 Å². The molecule has 29 heavy (non-hydrogen) atoms. The number of amides is 1. The molecule has 3 heterocycles. The molecule has 2 fully saturated rings. The monoisotopic (exact) mass is 388 g/mol. The highest BCUT2D eigenvalue weighted by Crippen LogP contribution is 2.31. The Morgan fingerprint density at radius 3 is 2.31 bits per heavy atom. The average Bonchev–Trinajstić information content (AvgIpc) is 3.36. The predicted molar refractivity (Wildman–Crippen MR) is 108 cm³/mol. The van der Waals surface area contributed by atoms with Crippen LogP contribution in [0.2, 0.25) is 0 Å². The van der Waals surface area contributed by atoms with Crippen molar-refractivity contribution in [3.63, 3.8) is 0 Å². The number of fused-ring (bicyclic) bond motifs is 2. The standard InChI is InChI=1S/C22H24N6O/c29-22(12-17-6-8-19(9-7-17)27-16-23-24-25-27)28-20-10-11-21(28)15-26(14-20)13-18-4-2-1-3-5-18/h1-9,16,20-21H,10-15H2/t20-,21-/m0/s1. The first-order chi connectivity index (χ1) is 14.3. The van der Waals surface area contributed by atoms with E-state index < -0.39 is 0 Å². The molecule has 0 saturated carbocycles. The second kappa shape index (κ2) is 7.75. The van der Waals surface area contributed by atoms with Gasteiger partial charge in [0.15, 0.2) is 0 Å². The minimum atomic E-state index is 0.243. The average molecular weight is 388 g/mol. The molecule has 1 aromatic heterocycles. The van der Waals surface area contributed by atoms with Crippen LogP contribution in [0.15, 0.2) is 60.9 Å². The second-order valence-corrected chi connectivity index (χ2v) is 7.96. The lowest BCUT2D eigenvalue weighted by Crippen LogP contribution is -2.55. The van der Waals surface area contributed by atoms with E-state index in [0.717, 1.165) is 43.7 Å². The van der Waals surface area contributed by atoms with E-state index in [2.05, 4.69) is 55.7 Å². The van der Waals surface area contributed by atoms with E-state index in [1.54, 1.807) is 11.0 Å². The molecule has 0 N–H and O–H groups in total. The van der Waals surface area contributed by atoms with Gasteiger partial charge in [-0.15, -0.1) is 5.10 Å². The summed E-state index contributed by atoms with van der Waals surface area (Å²) in [4.78, 5) is 17.7. The molecular formula is C22H24N6O. The smallest absolute Gasteiger partial charge is 0.227 e. The summed E-state index contributed by atoms with van der Waals surface area (Å²) in [7, 11) is 0. The zero-order chi connectivity index (χ0) is 19.6. The van der Waals surface area contributed by atoms with E-state index in [4.69, 9.17) is 0 Å². The molecule has 2 atom stereocenters. The van der Waals surface area contributed by atoms with E-state index in [1.807, 2.05) is 24.3 Å². The summed E-state index contributed by atoms with van der Waals surface area (Å²) < 4.78 is 1.61. The van der Waals surface area contributed by atoms with Gasteiger partial charge in [-0.1, -0.05) is 42.5 Å². The van der Waals surface area contributed by atoms with Crippen LogP contribution in [0.25, 0.3) is 5.69 Å². The van der Waals surface area contributed by atoms with Crippen LogP contribution < -0.4 is 0 Å². The maximum atomic E-state index is 13.1. The van der Waals surface area contributed by atoms with Crippen LogP contribution in [0.1, 0.15) is 24.0 Å². The first kappa shape index (κ1) is 18.0. The van der Waals surface area contributed by atoms with E-state index in [0.29, 0.717) is 18.5 Å². The van der Waals surface area contributed by atoms with Gasteiger partial charge in [-0.25, -0.2) is 4.68 Å². The Labute approximate surface area is 169 Å². The van der Waals surface area contributed by atoms with Gasteiger partial charge in [0.2, 0.25) is 5.91 Å². The third-order valence-corrected chi connectivity index (χ3v) is 6.00. The van der Waals surface area contributed by atoms with Crippen LogP contribution in [0.4, 0.5) is 0 Å². The van der Waals surface area contributed by atoms with Crippen molar-refractivity contribution in [1.29, 1.82) is 0 Å². The Morgan fingerprint density at radius 2 is 1.66 bits per heavy atom. The summed E-state index contributed by atoms with van der Waals surface area (Å²) in [5.41, 5.74) is 3.26. The largest absolute Gasteiger partial charge is 0.334 e. The predicted octanol–water partition coefficient (Wildman–Crippen LogP) is 2.08. The summed E-state index contributed by atoms with van der Waals surface area (Å²) in [6.45, 7) is 2.90. The van der Waals surface area contributed by atoms with Gasteiger partial charge >= 0.3 is 0 Å². The first-order valence-corrected chi connectivity index (χ1v) is 10.2. The van der Waals surface area contributed by atoms with Gasteiger partial charge in [0.25, 0.3) is 0 Å². The molecule has 148 valence electrons. The molecule has 0 radical (unpaired) electrons. The molecule has 0 aliphatic carbocycles. The fraction of sp³-hybridized carbons (Fsp3) is 0.364. The number of aromatic nitrogens is 4. The summed E-state index contributed by atoms with van der Waals surface area (Å²) in [5, 5.41) is 11.2. The van der Waals surface area contributed by atoms with Crippen molar-refractivity contribution in [2.45, 2.75) is 37.9 Å². The van der Waals surface area contributed by atoms with Crippen LogP contribution in [-0.4, -0.2) is 61.1 Å². The third-order valence-electron chi connectivity index (χ3n) is 6.00. The van der Waals surface area contributed by atoms with Gasteiger partial charge < -0.3 is 4.90 Å². The lowest BCUT2D eigenvalue weighted by molar-refractivity contribution is -0.136. The Hall–Kier alpha value is -3.06. The van der Waals surface area contributed by atoms with Crippen molar-refractivity contribution in [3.05, 3.63) is 72.1 Å². The van der Waals surface area contributed by atoms with Crippen molar-refractivity contribution >= 4 is 5.91 Å². The number of rotatable bonds is 5. The van der Waals surface area contributed by atoms with Crippen molar-refractivity contribution in [2.24, 2.45) is 0 Å². The minimum Gasteiger partial charge on any atom is -0.334 e. The lowest BCUT2D eigenvalue weighted by Gasteiger charge is -2.41. The van der Waals surface area contributed by atoms with Crippen LogP contribution in [-0.2, 0) is 17.8 Å². The fourth-order valence-corrected chi connectivity index (χ4v) is 4.68. The molecule has 0 unspecified atom stereocenters. The number of piperazine rings is 1. The maximum Gasteiger partial charge on any atom is 0.227 e. The van der Waals surface area contributed by atoms with Crippen LogP contribution in [0.5, 0.6) is 0 Å². The van der Waals surface area contributed by atoms with E-state index in [-0.39, 0.29) is 5.91 Å². The zero-order valence-corrected chi connectivity index (χ0v) is 16.3. The summed E-state index contributed by atoms with van der Waals surface area (Å²) in [5.74, 6) is 0.243. The number of tetrazole rings is 1. The Balaban J connectivity index is 1.22. The number of hydrogen-bond acceptors (Lipinski definition) is 5. The molecular weight excluding hydrogens is 364 g/mol.